The smallest absolute Gasteiger partial charge is 0.322 e. The highest BCUT2D eigenvalue weighted by atomic mass is 35.5. The summed E-state index contributed by atoms with van der Waals surface area (Å²) in [7, 11) is 0. The quantitative estimate of drug-likeness (QED) is 0.451. The highest BCUT2D eigenvalue weighted by Gasteiger charge is 2.16. The Hall–Kier alpha value is -2.43. The van der Waals surface area contributed by atoms with Crippen LogP contribution >= 0.6 is 23.2 Å². The third-order valence-electron chi connectivity index (χ3n) is 4.72. The highest BCUT2D eigenvalue weighted by Crippen LogP contribution is 2.21. The van der Waals surface area contributed by atoms with Gasteiger partial charge in [-0.15, -0.1) is 0 Å². The van der Waals surface area contributed by atoms with Gasteiger partial charge in [0.1, 0.15) is 0 Å². The summed E-state index contributed by atoms with van der Waals surface area (Å²) in [6, 6.07) is 17.3. The van der Waals surface area contributed by atoms with Crippen molar-refractivity contribution in [1.82, 2.24) is 9.47 Å². The first-order valence-corrected chi connectivity index (χ1v) is 10.4. The number of carbonyl (C=O) groups excluding carboxylic acids is 1. The molecule has 3 rings (SSSR count). The number of nitrogens with one attached hydrogen (secondary N) is 1. The van der Waals surface area contributed by atoms with Gasteiger partial charge in [-0.1, -0.05) is 48.3 Å². The average molecular weight is 430 g/mol. The predicted molar refractivity (Wildman–Crippen MR) is 121 cm³/mol. The van der Waals surface area contributed by atoms with Crippen molar-refractivity contribution in [3.63, 3.8) is 0 Å². The van der Waals surface area contributed by atoms with E-state index in [4.69, 9.17) is 23.2 Å². The molecule has 3 aromatic rings. The van der Waals surface area contributed by atoms with Crippen molar-refractivity contribution in [3.8, 4) is 0 Å². The number of urea groups is 1. The minimum absolute atomic E-state index is 0.137. The first kappa shape index (κ1) is 21.3. The Labute approximate surface area is 182 Å². The third-order valence-corrected chi connectivity index (χ3v) is 5.36. The van der Waals surface area contributed by atoms with Gasteiger partial charge in [0.05, 0.1) is 6.54 Å². The molecule has 2 amide bonds. The molecular weight excluding hydrogens is 405 g/mol. The van der Waals surface area contributed by atoms with Gasteiger partial charge in [-0.05, 0) is 60.9 Å². The molecule has 4 nitrogen and oxygen atoms in total. The van der Waals surface area contributed by atoms with E-state index in [1.165, 1.54) is 0 Å². The van der Waals surface area contributed by atoms with Crippen LogP contribution in [0.4, 0.5) is 10.5 Å². The second-order valence-corrected chi connectivity index (χ2v) is 7.92. The summed E-state index contributed by atoms with van der Waals surface area (Å²) in [5.74, 6) is 0. The number of nitrogens with zero attached hydrogens (tertiary/aromatic N) is 2. The fourth-order valence-electron chi connectivity index (χ4n) is 3.17. The lowest BCUT2D eigenvalue weighted by Gasteiger charge is -2.24. The number of hydrogen-bond donors (Lipinski definition) is 1. The molecule has 0 bridgehead atoms. The Kier molecular flexibility index (Phi) is 7.24. The van der Waals surface area contributed by atoms with E-state index in [1.807, 2.05) is 66.6 Å². The summed E-state index contributed by atoms with van der Waals surface area (Å²) in [6.07, 6.45) is 2.90. The van der Waals surface area contributed by atoms with E-state index in [1.54, 1.807) is 6.07 Å². The molecule has 29 heavy (non-hydrogen) atoms. The molecule has 1 aromatic heterocycles. The van der Waals surface area contributed by atoms with E-state index >= 15 is 0 Å². The van der Waals surface area contributed by atoms with Gasteiger partial charge in [0.2, 0.25) is 0 Å². The van der Waals surface area contributed by atoms with Crippen LogP contribution in [0, 0.1) is 6.92 Å². The van der Waals surface area contributed by atoms with Crippen LogP contribution < -0.4 is 5.32 Å². The van der Waals surface area contributed by atoms with Crippen molar-refractivity contribution in [2.75, 3.05) is 11.9 Å². The Morgan fingerprint density at radius 2 is 1.93 bits per heavy atom. The van der Waals surface area contributed by atoms with E-state index in [2.05, 4.69) is 16.8 Å². The summed E-state index contributed by atoms with van der Waals surface area (Å²) in [5, 5.41) is 4.32. The van der Waals surface area contributed by atoms with Crippen LogP contribution in [0.1, 0.15) is 30.2 Å². The van der Waals surface area contributed by atoms with E-state index in [0.717, 1.165) is 28.3 Å². The van der Waals surface area contributed by atoms with Crippen molar-refractivity contribution < 1.29 is 4.79 Å². The number of carbonyl (C=O) groups is 1. The maximum atomic E-state index is 12.9. The third kappa shape index (κ3) is 5.78. The molecule has 0 saturated carbocycles. The van der Waals surface area contributed by atoms with Crippen molar-refractivity contribution in [1.29, 1.82) is 0 Å². The van der Waals surface area contributed by atoms with E-state index < -0.39 is 0 Å². The topological polar surface area (TPSA) is 37.3 Å². The molecule has 0 saturated heterocycles. The van der Waals surface area contributed by atoms with E-state index in [-0.39, 0.29) is 6.03 Å². The van der Waals surface area contributed by atoms with Gasteiger partial charge >= 0.3 is 6.03 Å². The fraction of sp³-hybridized carbons (Fsp3) is 0.261. The van der Waals surface area contributed by atoms with Gasteiger partial charge < -0.3 is 14.8 Å². The summed E-state index contributed by atoms with van der Waals surface area (Å²) in [5.41, 5.74) is 3.86. The molecule has 0 fully saturated rings. The molecular formula is C23H25Cl2N3O. The Morgan fingerprint density at radius 3 is 2.66 bits per heavy atom. The molecule has 2 aromatic carbocycles. The van der Waals surface area contributed by atoms with Gasteiger partial charge in [0.25, 0.3) is 0 Å². The van der Waals surface area contributed by atoms with Crippen LogP contribution in [0.2, 0.25) is 10.0 Å². The zero-order valence-corrected chi connectivity index (χ0v) is 18.2. The molecule has 0 unspecified atom stereocenters. The minimum Gasteiger partial charge on any atom is -0.345 e. The van der Waals surface area contributed by atoms with Crippen molar-refractivity contribution in [2.24, 2.45) is 0 Å². The standard InChI is InChI=1S/C23H25Cl2N3O/c1-3-11-28(23(29)26-20-10-9-17(2)22(25)14-20)16-21-8-5-12-27(21)15-18-6-4-7-19(24)13-18/h4-10,12-14H,3,11,15-16H2,1-2H3,(H,26,29). The molecule has 1 heterocycles. The van der Waals surface area contributed by atoms with Crippen LogP contribution in [0.15, 0.2) is 60.8 Å². The number of rotatable bonds is 7. The maximum Gasteiger partial charge on any atom is 0.322 e. The van der Waals surface area contributed by atoms with Crippen molar-refractivity contribution in [2.45, 2.75) is 33.4 Å². The van der Waals surface area contributed by atoms with Crippen LogP contribution in [-0.2, 0) is 13.1 Å². The highest BCUT2D eigenvalue weighted by molar-refractivity contribution is 6.31. The number of amides is 2. The zero-order valence-electron chi connectivity index (χ0n) is 16.7. The summed E-state index contributed by atoms with van der Waals surface area (Å²) < 4.78 is 2.14. The second-order valence-electron chi connectivity index (χ2n) is 7.07. The van der Waals surface area contributed by atoms with Crippen LogP contribution in [0.25, 0.3) is 0 Å². The monoisotopic (exact) mass is 429 g/mol. The second kappa shape index (κ2) is 9.86. The number of halogens is 2. The van der Waals surface area contributed by atoms with Gasteiger partial charge in [0, 0.05) is 40.7 Å². The van der Waals surface area contributed by atoms with Crippen LogP contribution in [0.5, 0.6) is 0 Å². The van der Waals surface area contributed by atoms with Crippen LogP contribution in [-0.4, -0.2) is 22.0 Å². The number of aromatic nitrogens is 1. The predicted octanol–water partition coefficient (Wildman–Crippen LogP) is 6.60. The minimum atomic E-state index is -0.137. The normalized spacial score (nSPS) is 10.8. The van der Waals surface area contributed by atoms with E-state index in [0.29, 0.717) is 30.3 Å². The van der Waals surface area contributed by atoms with Crippen molar-refractivity contribution >= 4 is 34.9 Å². The van der Waals surface area contributed by atoms with Gasteiger partial charge in [-0.2, -0.15) is 0 Å². The summed E-state index contributed by atoms with van der Waals surface area (Å²) in [4.78, 5) is 14.7. The molecule has 0 atom stereocenters. The molecule has 0 aliphatic rings. The van der Waals surface area contributed by atoms with Crippen molar-refractivity contribution in [3.05, 3.63) is 87.7 Å². The number of hydrogen-bond acceptors (Lipinski definition) is 1. The first-order valence-electron chi connectivity index (χ1n) is 9.67. The molecule has 0 aliphatic carbocycles. The lowest BCUT2D eigenvalue weighted by atomic mass is 10.2. The maximum absolute atomic E-state index is 12.9. The summed E-state index contributed by atoms with van der Waals surface area (Å²) >= 11 is 12.3. The fourth-order valence-corrected chi connectivity index (χ4v) is 3.56. The Balaban J connectivity index is 1.72. The Morgan fingerprint density at radius 1 is 1.10 bits per heavy atom. The molecule has 152 valence electrons. The zero-order chi connectivity index (χ0) is 20.8. The van der Waals surface area contributed by atoms with E-state index in [9.17, 15) is 4.79 Å². The molecule has 6 heteroatoms. The van der Waals surface area contributed by atoms with Crippen LogP contribution in [0.3, 0.4) is 0 Å². The van der Waals surface area contributed by atoms with Gasteiger partial charge in [0.15, 0.2) is 0 Å². The number of aryl methyl sites for hydroxylation is 1. The molecule has 0 radical (unpaired) electrons. The molecule has 1 N–H and O–H groups in total. The SMILES string of the molecule is CCCN(Cc1cccn1Cc1cccc(Cl)c1)C(=O)Nc1ccc(C)c(Cl)c1. The van der Waals surface area contributed by atoms with Gasteiger partial charge in [-0.3, -0.25) is 0 Å². The van der Waals surface area contributed by atoms with Gasteiger partial charge in [-0.25, -0.2) is 4.79 Å². The lowest BCUT2D eigenvalue weighted by molar-refractivity contribution is 0.208. The first-order chi connectivity index (χ1) is 14.0. The summed E-state index contributed by atoms with van der Waals surface area (Å²) in [6.45, 7) is 5.89. The Bertz CT molecular complexity index is 984. The molecule has 0 aliphatic heterocycles. The number of anilines is 1. The molecule has 0 spiro atoms. The number of benzene rings is 2. The average Bonchev–Trinajstić information content (AvgIpc) is 3.11. The largest absolute Gasteiger partial charge is 0.345 e. The lowest BCUT2D eigenvalue weighted by Crippen LogP contribution is -2.35.